The quantitative estimate of drug-likeness (QED) is 0.474. The molecule has 0 heterocycles. The van der Waals surface area contributed by atoms with Crippen LogP contribution in [-0.4, -0.2) is 12.6 Å². The molecule has 2 aliphatic rings. The number of allylic oxidation sites excluding steroid dienone is 2. The minimum Gasteiger partial charge on any atom is -0.462 e. The molecule has 22 heavy (non-hydrogen) atoms. The summed E-state index contributed by atoms with van der Waals surface area (Å²) in [6, 6.07) is 2.14. The minimum absolute atomic E-state index is 0.184. The number of rotatable bonds is 3. The van der Waals surface area contributed by atoms with Gasteiger partial charge in [0.15, 0.2) is 0 Å². The van der Waals surface area contributed by atoms with Crippen molar-refractivity contribution in [2.24, 2.45) is 17.8 Å². The molecule has 0 aromatic heterocycles. The SMILES string of the molecule is O=C(OCC1CC2C=CC1C2)c1ccc(F)c(C(F)(F)F)c1. The number of ether oxygens (including phenoxy) is 1. The third-order valence-electron chi connectivity index (χ3n) is 4.35. The Morgan fingerprint density at radius 2 is 2.00 bits per heavy atom. The minimum atomic E-state index is -4.84. The van der Waals surface area contributed by atoms with E-state index in [0.717, 1.165) is 18.9 Å². The van der Waals surface area contributed by atoms with Gasteiger partial charge < -0.3 is 4.74 Å². The van der Waals surface area contributed by atoms with E-state index in [1.54, 1.807) is 0 Å². The molecule has 2 nitrogen and oxygen atoms in total. The van der Waals surface area contributed by atoms with E-state index in [4.69, 9.17) is 4.74 Å². The van der Waals surface area contributed by atoms with E-state index in [2.05, 4.69) is 12.2 Å². The maximum Gasteiger partial charge on any atom is 0.419 e. The predicted octanol–water partition coefficient (Wildman–Crippen LogP) is 4.21. The van der Waals surface area contributed by atoms with Crippen LogP contribution in [0.2, 0.25) is 0 Å². The Morgan fingerprint density at radius 3 is 2.59 bits per heavy atom. The smallest absolute Gasteiger partial charge is 0.419 e. The fourth-order valence-electron chi connectivity index (χ4n) is 3.22. The van der Waals surface area contributed by atoms with E-state index in [0.29, 0.717) is 24.0 Å². The maximum absolute atomic E-state index is 13.2. The van der Waals surface area contributed by atoms with Crippen LogP contribution in [0, 0.1) is 23.6 Å². The largest absolute Gasteiger partial charge is 0.462 e. The van der Waals surface area contributed by atoms with Crippen LogP contribution in [0.1, 0.15) is 28.8 Å². The van der Waals surface area contributed by atoms with Crippen LogP contribution >= 0.6 is 0 Å². The van der Waals surface area contributed by atoms with Crippen molar-refractivity contribution >= 4 is 5.97 Å². The fourth-order valence-corrected chi connectivity index (χ4v) is 3.22. The first kappa shape index (κ1) is 15.1. The summed E-state index contributed by atoms with van der Waals surface area (Å²) in [6.45, 7) is 0.184. The lowest BCUT2D eigenvalue weighted by atomic mass is 9.95. The van der Waals surface area contributed by atoms with Gasteiger partial charge >= 0.3 is 12.1 Å². The van der Waals surface area contributed by atoms with Gasteiger partial charge in [0.25, 0.3) is 0 Å². The van der Waals surface area contributed by atoms with E-state index in [9.17, 15) is 22.4 Å². The standard InChI is InChI=1S/C16H14F4O2/c17-14-4-3-11(7-13(14)16(18,19)20)15(21)22-8-12-6-9-1-2-10(12)5-9/h1-4,7,9-10,12H,5-6,8H2. The van der Waals surface area contributed by atoms with Crippen LogP contribution in [0.5, 0.6) is 0 Å². The average Bonchev–Trinajstić information content (AvgIpc) is 3.06. The van der Waals surface area contributed by atoms with Gasteiger partial charge in [0.2, 0.25) is 0 Å². The fraction of sp³-hybridized carbons (Fsp3) is 0.438. The van der Waals surface area contributed by atoms with E-state index >= 15 is 0 Å². The van der Waals surface area contributed by atoms with Crippen LogP contribution in [0.15, 0.2) is 30.4 Å². The van der Waals surface area contributed by atoms with Crippen LogP contribution in [0.3, 0.4) is 0 Å². The Labute approximate surface area is 124 Å². The summed E-state index contributed by atoms with van der Waals surface area (Å²) in [6.07, 6.45) is 1.41. The number of fused-ring (bicyclic) bond motifs is 2. The highest BCUT2D eigenvalue weighted by molar-refractivity contribution is 5.89. The van der Waals surface area contributed by atoms with Gasteiger partial charge in [-0.1, -0.05) is 12.2 Å². The van der Waals surface area contributed by atoms with Gasteiger partial charge in [-0.15, -0.1) is 0 Å². The second kappa shape index (κ2) is 5.41. The molecule has 1 saturated carbocycles. The number of benzene rings is 1. The zero-order valence-electron chi connectivity index (χ0n) is 11.6. The van der Waals surface area contributed by atoms with Crippen molar-refractivity contribution in [1.82, 2.24) is 0 Å². The molecule has 0 amide bonds. The van der Waals surface area contributed by atoms with Gasteiger partial charge in [0.05, 0.1) is 17.7 Å². The monoisotopic (exact) mass is 314 g/mol. The lowest BCUT2D eigenvalue weighted by Crippen LogP contribution is -2.18. The van der Waals surface area contributed by atoms with E-state index in [1.807, 2.05) is 0 Å². The van der Waals surface area contributed by atoms with Crippen molar-refractivity contribution in [3.8, 4) is 0 Å². The highest BCUT2D eigenvalue weighted by Crippen LogP contribution is 2.43. The lowest BCUT2D eigenvalue weighted by molar-refractivity contribution is -0.140. The second-order valence-electron chi connectivity index (χ2n) is 5.83. The number of hydrogen-bond acceptors (Lipinski definition) is 2. The molecular formula is C16H14F4O2. The first-order valence-electron chi connectivity index (χ1n) is 7.07. The summed E-state index contributed by atoms with van der Waals surface area (Å²) in [7, 11) is 0. The van der Waals surface area contributed by atoms with Gasteiger partial charge in [0.1, 0.15) is 5.82 Å². The summed E-state index contributed by atoms with van der Waals surface area (Å²) < 4.78 is 56.2. The van der Waals surface area contributed by atoms with Crippen molar-refractivity contribution in [2.75, 3.05) is 6.61 Å². The summed E-state index contributed by atoms with van der Waals surface area (Å²) >= 11 is 0. The zero-order valence-corrected chi connectivity index (χ0v) is 11.6. The Kier molecular flexibility index (Phi) is 3.70. The molecule has 6 heteroatoms. The highest BCUT2D eigenvalue weighted by atomic mass is 19.4. The number of halogens is 4. The third-order valence-corrected chi connectivity index (χ3v) is 4.35. The molecule has 3 rings (SSSR count). The van der Waals surface area contributed by atoms with Gasteiger partial charge in [-0.25, -0.2) is 9.18 Å². The molecule has 0 radical (unpaired) electrons. The van der Waals surface area contributed by atoms with E-state index < -0.39 is 23.5 Å². The van der Waals surface area contributed by atoms with Crippen LogP contribution < -0.4 is 0 Å². The van der Waals surface area contributed by atoms with E-state index in [-0.39, 0.29) is 18.1 Å². The lowest BCUT2D eigenvalue weighted by Gasteiger charge is -2.18. The highest BCUT2D eigenvalue weighted by Gasteiger charge is 2.37. The number of hydrogen-bond donors (Lipinski definition) is 0. The molecule has 118 valence electrons. The Balaban J connectivity index is 1.66. The molecule has 3 atom stereocenters. The van der Waals surface area contributed by atoms with Crippen LogP contribution in [0.25, 0.3) is 0 Å². The average molecular weight is 314 g/mol. The summed E-state index contributed by atoms with van der Waals surface area (Å²) in [5, 5.41) is 0. The molecule has 0 aliphatic heterocycles. The van der Waals surface area contributed by atoms with Crippen molar-refractivity contribution in [2.45, 2.75) is 19.0 Å². The third kappa shape index (κ3) is 2.87. The molecule has 1 fully saturated rings. The topological polar surface area (TPSA) is 26.3 Å². The Bertz CT molecular complexity index is 621. The van der Waals surface area contributed by atoms with Crippen LogP contribution in [0.4, 0.5) is 17.6 Å². The van der Waals surface area contributed by atoms with Crippen molar-refractivity contribution in [3.05, 3.63) is 47.3 Å². The molecule has 1 aromatic carbocycles. The van der Waals surface area contributed by atoms with Crippen LogP contribution in [-0.2, 0) is 10.9 Å². The van der Waals surface area contributed by atoms with Crippen molar-refractivity contribution in [3.63, 3.8) is 0 Å². The summed E-state index contributed by atoms with van der Waals surface area (Å²) in [4.78, 5) is 11.9. The first-order chi connectivity index (χ1) is 10.3. The Hall–Kier alpha value is -1.85. The molecule has 3 unspecified atom stereocenters. The normalized spacial score (nSPS) is 26.5. The van der Waals surface area contributed by atoms with Crippen molar-refractivity contribution in [1.29, 1.82) is 0 Å². The molecule has 1 aromatic rings. The Morgan fingerprint density at radius 1 is 1.23 bits per heavy atom. The zero-order chi connectivity index (χ0) is 15.9. The summed E-state index contributed by atoms with van der Waals surface area (Å²) in [5.41, 5.74) is -1.74. The number of carbonyl (C=O) groups excluding carboxylic acids is 1. The van der Waals surface area contributed by atoms with Gasteiger partial charge in [-0.2, -0.15) is 13.2 Å². The number of alkyl halides is 3. The maximum atomic E-state index is 13.2. The summed E-state index contributed by atoms with van der Waals surface area (Å²) in [5.74, 6) is -1.12. The molecule has 0 N–H and O–H groups in total. The molecule has 0 spiro atoms. The predicted molar refractivity (Wildman–Crippen MR) is 70.5 cm³/mol. The van der Waals surface area contributed by atoms with Gasteiger partial charge in [-0.3, -0.25) is 0 Å². The van der Waals surface area contributed by atoms with Gasteiger partial charge in [0, 0.05) is 0 Å². The van der Waals surface area contributed by atoms with Gasteiger partial charge in [-0.05, 0) is 48.8 Å². The van der Waals surface area contributed by atoms with E-state index in [1.165, 1.54) is 0 Å². The molecule has 2 aliphatic carbocycles. The second-order valence-corrected chi connectivity index (χ2v) is 5.83. The molecule has 2 bridgehead atoms. The first-order valence-corrected chi connectivity index (χ1v) is 7.07. The molecule has 0 saturated heterocycles. The molecular weight excluding hydrogens is 300 g/mol. The number of esters is 1. The van der Waals surface area contributed by atoms with Crippen molar-refractivity contribution < 1.29 is 27.1 Å². The number of carbonyl (C=O) groups is 1.